The lowest BCUT2D eigenvalue weighted by molar-refractivity contribution is -0.119. The maximum absolute atomic E-state index is 12.3. The summed E-state index contributed by atoms with van der Waals surface area (Å²) in [5.74, 6) is -2.98. The fourth-order valence-corrected chi connectivity index (χ4v) is 1.33. The predicted molar refractivity (Wildman–Crippen MR) is 37.7 cm³/mol. The van der Waals surface area contributed by atoms with Crippen molar-refractivity contribution in [1.82, 2.24) is 0 Å². The Kier molecular flexibility index (Phi) is 2.49. The lowest BCUT2D eigenvalue weighted by atomic mass is 9.77. The fraction of sp³-hybridized carbons (Fsp3) is 1.00. The van der Waals surface area contributed by atoms with E-state index >= 15 is 0 Å². The lowest BCUT2D eigenvalue weighted by Gasteiger charge is -2.37. The second kappa shape index (κ2) is 3.25. The number of hydrogen-bond donors (Lipinski definition) is 1. The molecule has 12 heavy (non-hydrogen) atoms. The molecule has 1 rings (SSSR count). The molecule has 1 unspecified atom stereocenters. The Morgan fingerprint density at radius 3 is 2.58 bits per heavy atom. The Bertz CT molecular complexity index is 207. The molecule has 1 atom stereocenters. The normalized spacial score (nSPS) is 23.9. The average molecular weight is 177 g/mol. The van der Waals surface area contributed by atoms with Crippen LogP contribution in [-0.4, -0.2) is 23.7 Å². The van der Waals surface area contributed by atoms with E-state index in [-0.39, 0.29) is 25.4 Å². The summed E-state index contributed by atoms with van der Waals surface area (Å²) in [6, 6.07) is -0.686. The third-order valence-electron chi connectivity index (χ3n) is 2.05. The van der Waals surface area contributed by atoms with Crippen molar-refractivity contribution in [3.63, 3.8) is 0 Å². The highest BCUT2D eigenvalue weighted by molar-refractivity contribution is 4.92. The van der Waals surface area contributed by atoms with Crippen LogP contribution in [0.15, 0.2) is 5.11 Å². The van der Waals surface area contributed by atoms with Crippen LogP contribution in [0, 0.1) is 5.92 Å². The molecule has 1 aliphatic carbocycles. The van der Waals surface area contributed by atoms with E-state index in [1.807, 2.05) is 0 Å². The first-order valence-electron chi connectivity index (χ1n) is 3.62. The van der Waals surface area contributed by atoms with E-state index < -0.39 is 12.0 Å². The van der Waals surface area contributed by atoms with Crippen molar-refractivity contribution in [1.29, 1.82) is 0 Å². The smallest absolute Gasteiger partial charge is 0.248 e. The minimum absolute atomic E-state index is 0.281. The molecule has 0 aliphatic heterocycles. The number of azide groups is 1. The summed E-state index contributed by atoms with van der Waals surface area (Å²) in [6.07, 6.45) is -0.561. The maximum Gasteiger partial charge on any atom is 0.248 e. The number of aliphatic hydroxyl groups is 1. The average Bonchev–Trinajstić information content (AvgIpc) is 1.95. The van der Waals surface area contributed by atoms with Crippen molar-refractivity contribution in [2.45, 2.75) is 24.8 Å². The van der Waals surface area contributed by atoms with Crippen molar-refractivity contribution in [2.75, 3.05) is 6.61 Å². The van der Waals surface area contributed by atoms with E-state index in [0.717, 1.165) is 0 Å². The van der Waals surface area contributed by atoms with Gasteiger partial charge in [-0.3, -0.25) is 0 Å². The van der Waals surface area contributed by atoms with E-state index in [0.29, 0.717) is 0 Å². The first kappa shape index (κ1) is 9.22. The molecular weight excluding hydrogens is 168 g/mol. The van der Waals surface area contributed by atoms with Crippen LogP contribution in [0.2, 0.25) is 0 Å². The van der Waals surface area contributed by atoms with Crippen LogP contribution in [0.3, 0.4) is 0 Å². The molecule has 1 N–H and O–H groups in total. The number of nitrogens with zero attached hydrogens (tertiary/aromatic N) is 3. The van der Waals surface area contributed by atoms with Gasteiger partial charge in [0.15, 0.2) is 0 Å². The zero-order valence-corrected chi connectivity index (χ0v) is 6.32. The molecule has 0 bridgehead atoms. The van der Waals surface area contributed by atoms with Gasteiger partial charge in [0.05, 0.1) is 12.6 Å². The molecule has 0 heterocycles. The summed E-state index contributed by atoms with van der Waals surface area (Å²) >= 11 is 0. The van der Waals surface area contributed by atoms with E-state index in [1.165, 1.54) is 0 Å². The quantitative estimate of drug-likeness (QED) is 0.398. The Hall–Kier alpha value is -0.870. The molecule has 1 saturated carbocycles. The van der Waals surface area contributed by atoms with Gasteiger partial charge in [0.25, 0.3) is 0 Å². The van der Waals surface area contributed by atoms with Crippen molar-refractivity contribution in [2.24, 2.45) is 11.0 Å². The molecular formula is C6H9F2N3O. The molecule has 6 heteroatoms. The first-order valence-corrected chi connectivity index (χ1v) is 3.62. The van der Waals surface area contributed by atoms with Gasteiger partial charge in [0, 0.05) is 17.8 Å². The standard InChI is InChI=1S/C6H9F2N3O/c7-6(8)1-4(2-6)5(3-12)10-11-9/h4-5,12H,1-3H2. The maximum atomic E-state index is 12.3. The summed E-state index contributed by atoms with van der Waals surface area (Å²) in [5.41, 5.74) is 8.03. The molecule has 0 amide bonds. The highest BCUT2D eigenvalue weighted by Gasteiger charge is 2.47. The SMILES string of the molecule is [N-]=[N+]=NC(CO)C1CC(F)(F)C1. The summed E-state index contributed by atoms with van der Waals surface area (Å²) in [6.45, 7) is -0.356. The van der Waals surface area contributed by atoms with Crippen molar-refractivity contribution in [3.8, 4) is 0 Å². The fourth-order valence-electron chi connectivity index (χ4n) is 1.33. The number of alkyl halides is 2. The molecule has 0 radical (unpaired) electrons. The summed E-state index contributed by atoms with van der Waals surface area (Å²) in [5, 5.41) is 11.9. The van der Waals surface area contributed by atoms with Crippen molar-refractivity contribution < 1.29 is 13.9 Å². The van der Waals surface area contributed by atoms with Gasteiger partial charge in [-0.25, -0.2) is 8.78 Å². The third kappa shape index (κ3) is 1.84. The molecule has 4 nitrogen and oxygen atoms in total. The van der Waals surface area contributed by atoms with Crippen LogP contribution < -0.4 is 0 Å². The monoisotopic (exact) mass is 177 g/mol. The highest BCUT2D eigenvalue weighted by atomic mass is 19.3. The zero-order chi connectivity index (χ0) is 9.19. The van der Waals surface area contributed by atoms with Crippen molar-refractivity contribution in [3.05, 3.63) is 10.4 Å². The van der Waals surface area contributed by atoms with Gasteiger partial charge in [-0.15, -0.1) is 0 Å². The van der Waals surface area contributed by atoms with Crippen LogP contribution in [-0.2, 0) is 0 Å². The van der Waals surface area contributed by atoms with Gasteiger partial charge in [-0.2, -0.15) is 0 Å². The number of aliphatic hydroxyl groups excluding tert-OH is 1. The van der Waals surface area contributed by atoms with Gasteiger partial charge >= 0.3 is 0 Å². The van der Waals surface area contributed by atoms with E-state index in [2.05, 4.69) is 10.0 Å². The third-order valence-corrected chi connectivity index (χ3v) is 2.05. The molecule has 0 spiro atoms. The molecule has 0 aromatic rings. The van der Waals surface area contributed by atoms with Crippen LogP contribution in [0.25, 0.3) is 10.4 Å². The summed E-state index contributed by atoms with van der Waals surface area (Å²) < 4.78 is 24.6. The molecule has 1 fully saturated rings. The van der Waals surface area contributed by atoms with Gasteiger partial charge in [0.2, 0.25) is 5.92 Å². The van der Waals surface area contributed by atoms with Gasteiger partial charge in [-0.05, 0) is 11.4 Å². The number of rotatable bonds is 3. The predicted octanol–water partition coefficient (Wildman–Crippen LogP) is 1.70. The Balaban J connectivity index is 2.44. The van der Waals surface area contributed by atoms with E-state index in [4.69, 9.17) is 10.6 Å². The lowest BCUT2D eigenvalue weighted by Crippen LogP contribution is -2.42. The number of hydrogen-bond acceptors (Lipinski definition) is 2. The molecule has 0 saturated heterocycles. The minimum atomic E-state index is -2.62. The number of halogens is 2. The first-order chi connectivity index (χ1) is 5.59. The Morgan fingerprint density at radius 1 is 1.67 bits per heavy atom. The topological polar surface area (TPSA) is 69.0 Å². The second-order valence-corrected chi connectivity index (χ2v) is 2.98. The van der Waals surface area contributed by atoms with Crippen LogP contribution in [0.4, 0.5) is 8.78 Å². The Morgan fingerprint density at radius 2 is 2.25 bits per heavy atom. The van der Waals surface area contributed by atoms with Crippen LogP contribution in [0.5, 0.6) is 0 Å². The summed E-state index contributed by atoms with van der Waals surface area (Å²) in [7, 11) is 0. The molecule has 68 valence electrons. The summed E-state index contributed by atoms with van der Waals surface area (Å²) in [4.78, 5) is 2.48. The van der Waals surface area contributed by atoms with Gasteiger partial charge in [-0.1, -0.05) is 5.11 Å². The van der Waals surface area contributed by atoms with Crippen molar-refractivity contribution >= 4 is 0 Å². The van der Waals surface area contributed by atoms with Crippen LogP contribution in [0.1, 0.15) is 12.8 Å². The van der Waals surface area contributed by atoms with Gasteiger partial charge < -0.3 is 5.11 Å². The zero-order valence-electron chi connectivity index (χ0n) is 6.32. The van der Waals surface area contributed by atoms with E-state index in [9.17, 15) is 8.78 Å². The van der Waals surface area contributed by atoms with E-state index in [1.54, 1.807) is 0 Å². The Labute approximate surface area is 67.8 Å². The highest BCUT2D eigenvalue weighted by Crippen LogP contribution is 2.44. The van der Waals surface area contributed by atoms with Crippen LogP contribution >= 0.6 is 0 Å². The molecule has 0 aromatic carbocycles. The minimum Gasteiger partial charge on any atom is -0.396 e. The second-order valence-electron chi connectivity index (χ2n) is 2.98. The van der Waals surface area contributed by atoms with Gasteiger partial charge in [0.1, 0.15) is 0 Å². The largest absolute Gasteiger partial charge is 0.396 e. The molecule has 0 aromatic heterocycles. The molecule has 1 aliphatic rings.